The van der Waals surface area contributed by atoms with Crippen LogP contribution in [-0.4, -0.2) is 32.6 Å². The van der Waals surface area contributed by atoms with E-state index in [1.165, 1.54) is 17.9 Å². The van der Waals surface area contributed by atoms with Crippen molar-refractivity contribution in [3.63, 3.8) is 0 Å². The van der Waals surface area contributed by atoms with Gasteiger partial charge in [0.05, 0.1) is 19.4 Å². The second kappa shape index (κ2) is 4.70. The summed E-state index contributed by atoms with van der Waals surface area (Å²) >= 11 is 0. The van der Waals surface area contributed by atoms with Crippen molar-refractivity contribution < 1.29 is 13.7 Å². The third-order valence-corrected chi connectivity index (χ3v) is 2.92. The number of hydrogen-bond donors (Lipinski definition) is 0. The molecule has 1 rings (SSSR count). The van der Waals surface area contributed by atoms with E-state index in [1.807, 2.05) is 0 Å². The molecule has 0 aliphatic rings. The number of imidazole rings is 1. The van der Waals surface area contributed by atoms with Crippen LogP contribution >= 0.6 is 0 Å². The van der Waals surface area contributed by atoms with Crippen molar-refractivity contribution in [3.8, 4) is 6.07 Å². The van der Waals surface area contributed by atoms with Gasteiger partial charge >= 0.3 is 5.97 Å². The number of nitrogens with zero attached hydrogens (tertiary/aromatic N) is 3. The van der Waals surface area contributed by atoms with Crippen molar-refractivity contribution in [1.29, 1.82) is 5.26 Å². The highest BCUT2D eigenvalue weighted by molar-refractivity contribution is 7.85. The number of nitriles is 1. The Morgan fingerprint density at radius 3 is 3.00 bits per heavy atom. The molecule has 0 unspecified atom stereocenters. The molecule has 0 fully saturated rings. The molecule has 0 spiro atoms. The van der Waals surface area contributed by atoms with Crippen LogP contribution < -0.4 is 0 Å². The minimum absolute atomic E-state index is 0.147. The first kappa shape index (κ1) is 11.4. The minimum atomic E-state index is -1.51. The number of rotatable bonds is 3. The predicted molar refractivity (Wildman–Crippen MR) is 51.4 cm³/mol. The summed E-state index contributed by atoms with van der Waals surface area (Å²) in [5.41, 5.74) is 0.207. The zero-order valence-electron chi connectivity index (χ0n) is 8.26. The second-order valence-corrected chi connectivity index (χ2v) is 3.97. The lowest BCUT2D eigenvalue weighted by Crippen LogP contribution is -2.11. The molecule has 15 heavy (non-hydrogen) atoms. The van der Waals surface area contributed by atoms with Crippen LogP contribution in [-0.2, 0) is 22.6 Å². The van der Waals surface area contributed by atoms with E-state index in [4.69, 9.17) is 5.26 Å². The molecule has 0 aromatic carbocycles. The highest BCUT2D eigenvalue weighted by atomic mass is 32.2. The van der Waals surface area contributed by atoms with E-state index in [2.05, 4.69) is 9.72 Å². The van der Waals surface area contributed by atoms with Crippen LogP contribution in [0.15, 0.2) is 11.4 Å². The number of carbonyl (C=O) groups excluding carboxylic acids is 1. The van der Waals surface area contributed by atoms with Crippen LogP contribution in [0, 0.1) is 11.3 Å². The Labute approximate surface area is 88.9 Å². The normalized spacial score (nSPS) is 11.8. The van der Waals surface area contributed by atoms with Crippen LogP contribution in [0.1, 0.15) is 10.5 Å². The molecule has 1 aromatic rings. The van der Waals surface area contributed by atoms with E-state index < -0.39 is 16.8 Å². The van der Waals surface area contributed by atoms with E-state index in [0.717, 1.165) is 0 Å². The van der Waals surface area contributed by atoms with Crippen LogP contribution in [0.4, 0.5) is 0 Å². The van der Waals surface area contributed by atoms with Crippen LogP contribution in [0.3, 0.4) is 0 Å². The molecule has 1 heterocycles. The standard InChI is InChI=1S/C8H9N3O3S/c1-11-6(7(12)14-2)5-10-8(11)15(13)4-3-9/h5H,4H2,1-2H3/t15-/m1/s1. The molecule has 0 N–H and O–H groups in total. The topological polar surface area (TPSA) is 85.0 Å². The van der Waals surface area contributed by atoms with Gasteiger partial charge in [0.1, 0.15) is 22.2 Å². The zero-order chi connectivity index (χ0) is 11.4. The van der Waals surface area contributed by atoms with Gasteiger partial charge in [-0.15, -0.1) is 0 Å². The van der Waals surface area contributed by atoms with Crippen molar-refractivity contribution in [1.82, 2.24) is 9.55 Å². The Balaban J connectivity index is 3.05. The lowest BCUT2D eigenvalue weighted by atomic mass is 10.5. The lowest BCUT2D eigenvalue weighted by molar-refractivity contribution is 0.0589. The van der Waals surface area contributed by atoms with Crippen molar-refractivity contribution >= 4 is 16.8 Å². The van der Waals surface area contributed by atoms with E-state index >= 15 is 0 Å². The molecule has 0 bridgehead atoms. The average Bonchev–Trinajstić information content (AvgIpc) is 2.59. The number of methoxy groups -OCH3 is 1. The third kappa shape index (κ3) is 2.22. The van der Waals surface area contributed by atoms with Crippen LogP contribution in [0.2, 0.25) is 0 Å². The van der Waals surface area contributed by atoms with Crippen molar-refractivity contribution in [2.24, 2.45) is 7.05 Å². The number of esters is 1. The highest BCUT2D eigenvalue weighted by Crippen LogP contribution is 2.08. The first-order chi connectivity index (χ1) is 7.11. The summed E-state index contributed by atoms with van der Waals surface area (Å²) in [6, 6.07) is 1.78. The molecule has 6 nitrogen and oxygen atoms in total. The molecule has 0 radical (unpaired) electrons. The second-order valence-electron chi connectivity index (χ2n) is 2.62. The molecule has 80 valence electrons. The van der Waals surface area contributed by atoms with Gasteiger partial charge in [0.15, 0.2) is 5.16 Å². The summed E-state index contributed by atoms with van der Waals surface area (Å²) in [5.74, 6) is -0.698. The van der Waals surface area contributed by atoms with Gasteiger partial charge in [0.2, 0.25) is 0 Å². The Morgan fingerprint density at radius 2 is 2.47 bits per heavy atom. The Morgan fingerprint density at radius 1 is 1.80 bits per heavy atom. The smallest absolute Gasteiger partial charge is 0.356 e. The molecular weight excluding hydrogens is 218 g/mol. The maximum atomic E-state index is 11.4. The Hall–Kier alpha value is -1.68. The SMILES string of the molecule is COC(=O)c1cnc([S@](=O)CC#N)n1C. The summed E-state index contributed by atoms with van der Waals surface area (Å²) < 4.78 is 17.3. The molecule has 1 atom stereocenters. The fourth-order valence-electron chi connectivity index (χ4n) is 1.02. The molecule has 0 aliphatic heterocycles. The fourth-order valence-corrected chi connectivity index (χ4v) is 1.84. The quantitative estimate of drug-likeness (QED) is 0.670. The predicted octanol–water partition coefficient (Wildman–Crippen LogP) is -0.162. The average molecular weight is 227 g/mol. The summed E-state index contributed by atoms with van der Waals surface area (Å²) in [4.78, 5) is 15.0. The Kier molecular flexibility index (Phi) is 3.57. The molecule has 0 saturated carbocycles. The largest absolute Gasteiger partial charge is 0.464 e. The van der Waals surface area contributed by atoms with E-state index in [0.29, 0.717) is 0 Å². The number of ether oxygens (including phenoxy) is 1. The molecule has 7 heteroatoms. The van der Waals surface area contributed by atoms with Crippen molar-refractivity contribution in [2.45, 2.75) is 5.16 Å². The van der Waals surface area contributed by atoms with Gasteiger partial charge in [-0.3, -0.25) is 4.21 Å². The number of hydrogen-bond acceptors (Lipinski definition) is 5. The molecule has 0 saturated heterocycles. The van der Waals surface area contributed by atoms with E-state index in [1.54, 1.807) is 13.1 Å². The van der Waals surface area contributed by atoms with Crippen LogP contribution in [0.25, 0.3) is 0 Å². The third-order valence-electron chi connectivity index (χ3n) is 1.74. The monoisotopic (exact) mass is 227 g/mol. The highest BCUT2D eigenvalue weighted by Gasteiger charge is 2.17. The maximum Gasteiger partial charge on any atom is 0.356 e. The Bertz CT molecular complexity index is 446. The molecule has 1 aromatic heterocycles. The zero-order valence-corrected chi connectivity index (χ0v) is 9.08. The van der Waals surface area contributed by atoms with Gasteiger partial charge in [0.25, 0.3) is 0 Å². The maximum absolute atomic E-state index is 11.4. The lowest BCUT2D eigenvalue weighted by Gasteiger charge is -2.01. The molecule has 0 amide bonds. The van der Waals surface area contributed by atoms with E-state index in [9.17, 15) is 9.00 Å². The van der Waals surface area contributed by atoms with Gasteiger partial charge < -0.3 is 9.30 Å². The van der Waals surface area contributed by atoms with Gasteiger partial charge in [-0.2, -0.15) is 5.26 Å². The summed E-state index contributed by atoms with van der Waals surface area (Å²) in [5, 5.41) is 8.57. The summed E-state index contributed by atoms with van der Waals surface area (Å²) in [6.45, 7) is 0. The van der Waals surface area contributed by atoms with Gasteiger partial charge in [-0.05, 0) is 0 Å². The van der Waals surface area contributed by atoms with Gasteiger partial charge in [-0.1, -0.05) is 0 Å². The number of carbonyl (C=O) groups is 1. The summed E-state index contributed by atoms with van der Waals surface area (Å²) in [7, 11) is 1.29. The molecular formula is C8H9N3O3S. The first-order valence-electron chi connectivity index (χ1n) is 3.97. The first-order valence-corrected chi connectivity index (χ1v) is 5.29. The minimum Gasteiger partial charge on any atom is -0.464 e. The fraction of sp³-hybridized carbons (Fsp3) is 0.375. The van der Waals surface area contributed by atoms with Crippen molar-refractivity contribution in [2.75, 3.05) is 12.9 Å². The number of aromatic nitrogens is 2. The summed E-state index contributed by atoms with van der Waals surface area (Å²) in [6.07, 6.45) is 1.27. The van der Waals surface area contributed by atoms with Gasteiger partial charge in [-0.25, -0.2) is 9.78 Å². The van der Waals surface area contributed by atoms with Crippen LogP contribution in [0.5, 0.6) is 0 Å². The van der Waals surface area contributed by atoms with Crippen molar-refractivity contribution in [3.05, 3.63) is 11.9 Å². The molecule has 0 aliphatic carbocycles. The van der Waals surface area contributed by atoms with Gasteiger partial charge in [0, 0.05) is 7.05 Å². The van der Waals surface area contributed by atoms with E-state index in [-0.39, 0.29) is 16.6 Å².